The Kier molecular flexibility index (Phi) is 3.71. The Labute approximate surface area is 127 Å². The Hall–Kier alpha value is -2.59. The highest BCUT2D eigenvalue weighted by atomic mass is 35.5. The molecule has 1 aromatic heterocycles. The van der Waals surface area contributed by atoms with Crippen LogP contribution in [0.25, 0.3) is 5.69 Å². The molecule has 0 fully saturated rings. The largest absolute Gasteiger partial charge is 0.322 e. The van der Waals surface area contributed by atoms with Crippen LogP contribution in [0, 0.1) is 0 Å². The first kappa shape index (κ1) is 13.4. The van der Waals surface area contributed by atoms with Crippen molar-refractivity contribution >= 4 is 23.2 Å². The number of hydrogen-bond acceptors (Lipinski definition) is 2. The summed E-state index contributed by atoms with van der Waals surface area (Å²) in [4.78, 5) is 12.0. The SMILES string of the molecule is O=C(Nc1ccc(-n2cc(Cl)cn2)cc1)c1ccccc1. The third-order valence-electron chi connectivity index (χ3n) is 2.98. The van der Waals surface area contributed by atoms with Gasteiger partial charge in [0.05, 0.1) is 16.9 Å². The average molecular weight is 298 g/mol. The van der Waals surface area contributed by atoms with Gasteiger partial charge in [-0.05, 0) is 36.4 Å². The molecule has 5 heteroatoms. The van der Waals surface area contributed by atoms with E-state index in [2.05, 4.69) is 10.4 Å². The number of benzene rings is 2. The maximum Gasteiger partial charge on any atom is 0.255 e. The molecule has 21 heavy (non-hydrogen) atoms. The van der Waals surface area contributed by atoms with Crippen molar-refractivity contribution in [2.45, 2.75) is 0 Å². The molecule has 0 saturated carbocycles. The Balaban J connectivity index is 1.74. The van der Waals surface area contributed by atoms with Crippen LogP contribution in [0.1, 0.15) is 10.4 Å². The van der Waals surface area contributed by atoms with Crippen LogP contribution in [-0.4, -0.2) is 15.7 Å². The number of amides is 1. The van der Waals surface area contributed by atoms with Crippen molar-refractivity contribution in [3.8, 4) is 5.69 Å². The van der Waals surface area contributed by atoms with Gasteiger partial charge >= 0.3 is 0 Å². The van der Waals surface area contributed by atoms with Crippen molar-refractivity contribution in [1.29, 1.82) is 0 Å². The van der Waals surface area contributed by atoms with E-state index in [9.17, 15) is 4.79 Å². The van der Waals surface area contributed by atoms with Crippen molar-refractivity contribution in [3.05, 3.63) is 77.6 Å². The monoisotopic (exact) mass is 297 g/mol. The van der Waals surface area contributed by atoms with Crippen LogP contribution in [0.5, 0.6) is 0 Å². The molecule has 104 valence electrons. The van der Waals surface area contributed by atoms with Crippen molar-refractivity contribution in [1.82, 2.24) is 9.78 Å². The van der Waals surface area contributed by atoms with Crippen molar-refractivity contribution in [3.63, 3.8) is 0 Å². The van der Waals surface area contributed by atoms with E-state index in [1.54, 1.807) is 29.2 Å². The Bertz CT molecular complexity index is 751. The summed E-state index contributed by atoms with van der Waals surface area (Å²) in [5, 5.41) is 7.55. The lowest BCUT2D eigenvalue weighted by atomic mass is 10.2. The lowest BCUT2D eigenvalue weighted by Gasteiger charge is -2.06. The fourth-order valence-corrected chi connectivity index (χ4v) is 2.07. The van der Waals surface area contributed by atoms with E-state index in [1.807, 2.05) is 42.5 Å². The van der Waals surface area contributed by atoms with Gasteiger partial charge in [0, 0.05) is 17.4 Å². The zero-order chi connectivity index (χ0) is 14.7. The van der Waals surface area contributed by atoms with E-state index in [4.69, 9.17) is 11.6 Å². The summed E-state index contributed by atoms with van der Waals surface area (Å²) in [5.41, 5.74) is 2.23. The minimum atomic E-state index is -0.134. The number of nitrogens with zero attached hydrogens (tertiary/aromatic N) is 2. The van der Waals surface area contributed by atoms with Crippen LogP contribution in [0.3, 0.4) is 0 Å². The van der Waals surface area contributed by atoms with E-state index in [-0.39, 0.29) is 5.91 Å². The number of halogens is 1. The zero-order valence-corrected chi connectivity index (χ0v) is 11.8. The molecule has 0 radical (unpaired) electrons. The van der Waals surface area contributed by atoms with Crippen molar-refractivity contribution < 1.29 is 4.79 Å². The van der Waals surface area contributed by atoms with Crippen LogP contribution in [0.4, 0.5) is 5.69 Å². The quantitative estimate of drug-likeness (QED) is 0.800. The highest BCUT2D eigenvalue weighted by Gasteiger charge is 2.05. The molecule has 0 aliphatic carbocycles. The molecule has 0 atom stereocenters. The van der Waals surface area contributed by atoms with E-state index in [0.29, 0.717) is 10.6 Å². The van der Waals surface area contributed by atoms with E-state index < -0.39 is 0 Å². The average Bonchev–Trinajstić information content (AvgIpc) is 2.95. The molecule has 1 amide bonds. The molecule has 0 aliphatic rings. The van der Waals surface area contributed by atoms with Gasteiger partial charge in [-0.25, -0.2) is 4.68 Å². The molecule has 0 bridgehead atoms. The number of hydrogen-bond donors (Lipinski definition) is 1. The molecule has 3 rings (SSSR count). The number of anilines is 1. The fourth-order valence-electron chi connectivity index (χ4n) is 1.93. The first-order chi connectivity index (χ1) is 10.2. The van der Waals surface area contributed by atoms with Gasteiger partial charge in [-0.1, -0.05) is 29.8 Å². The van der Waals surface area contributed by atoms with Crippen LogP contribution in [-0.2, 0) is 0 Å². The predicted molar refractivity (Wildman–Crippen MR) is 83.0 cm³/mol. The summed E-state index contributed by atoms with van der Waals surface area (Å²) in [5.74, 6) is -0.134. The summed E-state index contributed by atoms with van der Waals surface area (Å²) < 4.78 is 1.67. The van der Waals surface area contributed by atoms with Gasteiger partial charge in [0.15, 0.2) is 0 Å². The molecule has 0 saturated heterocycles. The number of carbonyl (C=O) groups is 1. The maximum absolute atomic E-state index is 12.0. The standard InChI is InChI=1S/C16H12ClN3O/c17-13-10-18-20(11-13)15-8-6-14(7-9-15)19-16(21)12-4-2-1-3-5-12/h1-11H,(H,19,21). The van der Waals surface area contributed by atoms with Gasteiger partial charge in [0.2, 0.25) is 0 Å². The van der Waals surface area contributed by atoms with Gasteiger partial charge in [-0.3, -0.25) is 4.79 Å². The second-order valence-electron chi connectivity index (χ2n) is 4.47. The van der Waals surface area contributed by atoms with Crippen LogP contribution in [0.15, 0.2) is 67.0 Å². The Morgan fingerprint density at radius 3 is 2.38 bits per heavy atom. The molecule has 2 aromatic carbocycles. The zero-order valence-electron chi connectivity index (χ0n) is 11.0. The highest BCUT2D eigenvalue weighted by molar-refractivity contribution is 6.30. The van der Waals surface area contributed by atoms with E-state index >= 15 is 0 Å². The number of carbonyl (C=O) groups excluding carboxylic acids is 1. The molecular formula is C16H12ClN3O. The van der Waals surface area contributed by atoms with Crippen molar-refractivity contribution in [2.24, 2.45) is 0 Å². The summed E-state index contributed by atoms with van der Waals surface area (Å²) in [6.07, 6.45) is 3.30. The highest BCUT2D eigenvalue weighted by Crippen LogP contribution is 2.15. The fraction of sp³-hybridized carbons (Fsp3) is 0. The van der Waals surface area contributed by atoms with Crippen molar-refractivity contribution in [2.75, 3.05) is 5.32 Å². The molecule has 1 heterocycles. The molecule has 1 N–H and O–H groups in total. The second-order valence-corrected chi connectivity index (χ2v) is 4.91. The minimum Gasteiger partial charge on any atom is -0.322 e. The van der Waals surface area contributed by atoms with E-state index in [1.165, 1.54) is 0 Å². The van der Waals surface area contributed by atoms with Gasteiger partial charge in [-0.2, -0.15) is 5.10 Å². The topological polar surface area (TPSA) is 46.9 Å². The third-order valence-corrected chi connectivity index (χ3v) is 3.17. The number of rotatable bonds is 3. The van der Waals surface area contributed by atoms with Gasteiger partial charge in [-0.15, -0.1) is 0 Å². The second kappa shape index (κ2) is 5.81. The van der Waals surface area contributed by atoms with Crippen LogP contribution >= 0.6 is 11.6 Å². The van der Waals surface area contributed by atoms with Crippen LogP contribution < -0.4 is 5.32 Å². The normalized spacial score (nSPS) is 10.3. The first-order valence-electron chi connectivity index (χ1n) is 6.39. The van der Waals surface area contributed by atoms with Gasteiger partial charge in [0.25, 0.3) is 5.91 Å². The summed E-state index contributed by atoms with van der Waals surface area (Å²) in [6, 6.07) is 16.5. The predicted octanol–water partition coefficient (Wildman–Crippen LogP) is 3.78. The Morgan fingerprint density at radius 1 is 1.05 bits per heavy atom. The molecule has 4 nitrogen and oxygen atoms in total. The lowest BCUT2D eigenvalue weighted by Crippen LogP contribution is -2.11. The summed E-state index contributed by atoms with van der Waals surface area (Å²) >= 11 is 5.84. The summed E-state index contributed by atoms with van der Waals surface area (Å²) in [7, 11) is 0. The molecule has 3 aromatic rings. The molecule has 0 spiro atoms. The van der Waals surface area contributed by atoms with Gasteiger partial charge in [0.1, 0.15) is 0 Å². The molecule has 0 aliphatic heterocycles. The molecular weight excluding hydrogens is 286 g/mol. The number of aromatic nitrogens is 2. The third kappa shape index (κ3) is 3.12. The van der Waals surface area contributed by atoms with Gasteiger partial charge < -0.3 is 5.32 Å². The molecule has 0 unspecified atom stereocenters. The Morgan fingerprint density at radius 2 is 1.76 bits per heavy atom. The minimum absolute atomic E-state index is 0.134. The first-order valence-corrected chi connectivity index (χ1v) is 6.77. The maximum atomic E-state index is 12.0. The smallest absolute Gasteiger partial charge is 0.255 e. The van der Waals surface area contributed by atoms with Crippen LogP contribution in [0.2, 0.25) is 5.02 Å². The number of nitrogens with one attached hydrogen (secondary N) is 1. The van der Waals surface area contributed by atoms with E-state index in [0.717, 1.165) is 11.4 Å². The lowest BCUT2D eigenvalue weighted by molar-refractivity contribution is 0.102. The summed E-state index contributed by atoms with van der Waals surface area (Å²) in [6.45, 7) is 0.